The number of rotatable bonds is 5. The lowest BCUT2D eigenvalue weighted by Crippen LogP contribution is -2.18. The third-order valence-electron chi connectivity index (χ3n) is 4.88. The van der Waals surface area contributed by atoms with E-state index in [1.54, 1.807) is 44.4 Å². The minimum absolute atomic E-state index is 0.0946. The molecule has 0 radical (unpaired) electrons. The lowest BCUT2D eigenvalue weighted by molar-refractivity contribution is 0.549. The molecule has 11 heteroatoms. The van der Waals surface area contributed by atoms with Crippen LogP contribution in [-0.4, -0.2) is 34.0 Å². The van der Waals surface area contributed by atoms with Crippen LogP contribution >= 0.6 is 0 Å². The van der Waals surface area contributed by atoms with E-state index in [1.807, 2.05) is 0 Å². The summed E-state index contributed by atoms with van der Waals surface area (Å²) in [6.07, 6.45) is 2.50. The molecule has 0 bridgehead atoms. The molecule has 0 spiro atoms. The van der Waals surface area contributed by atoms with Crippen molar-refractivity contribution >= 4 is 26.7 Å². The van der Waals surface area contributed by atoms with Crippen molar-refractivity contribution in [2.75, 3.05) is 11.0 Å². The SMILES string of the molecule is Cc1cc(-c2cc3c(c(F)nn3Cc3ccc(F)cc3)c(NS(C)(=O)=O)n2)cn(C)c1=O. The molecule has 0 unspecified atom stereocenters. The van der Waals surface area contributed by atoms with Gasteiger partial charge in [-0.25, -0.2) is 17.8 Å². The molecule has 0 amide bonds. The van der Waals surface area contributed by atoms with Crippen LogP contribution in [-0.2, 0) is 23.6 Å². The Labute approximate surface area is 182 Å². The zero-order valence-electron chi connectivity index (χ0n) is 17.4. The van der Waals surface area contributed by atoms with Gasteiger partial charge in [0.25, 0.3) is 5.56 Å². The predicted octanol–water partition coefficient (Wildman–Crippen LogP) is 2.80. The van der Waals surface area contributed by atoms with Crippen molar-refractivity contribution in [2.45, 2.75) is 13.5 Å². The summed E-state index contributed by atoms with van der Waals surface area (Å²) in [4.78, 5) is 16.4. The van der Waals surface area contributed by atoms with Gasteiger partial charge in [0.2, 0.25) is 16.0 Å². The fourth-order valence-corrected chi connectivity index (χ4v) is 3.95. The summed E-state index contributed by atoms with van der Waals surface area (Å²) < 4.78 is 56.9. The van der Waals surface area contributed by atoms with Gasteiger partial charge >= 0.3 is 0 Å². The van der Waals surface area contributed by atoms with Gasteiger partial charge in [-0.05, 0) is 36.8 Å². The molecule has 0 aliphatic rings. The lowest BCUT2D eigenvalue weighted by Gasteiger charge is -2.11. The number of hydrogen-bond acceptors (Lipinski definition) is 5. The highest BCUT2D eigenvalue weighted by Gasteiger charge is 2.20. The summed E-state index contributed by atoms with van der Waals surface area (Å²) in [5, 5.41) is 3.81. The molecule has 0 saturated heterocycles. The van der Waals surface area contributed by atoms with Crippen LogP contribution in [0.2, 0.25) is 0 Å². The highest BCUT2D eigenvalue weighted by molar-refractivity contribution is 7.92. The summed E-state index contributed by atoms with van der Waals surface area (Å²) in [7, 11) is -2.19. The van der Waals surface area contributed by atoms with Crippen LogP contribution in [0.3, 0.4) is 0 Å². The summed E-state index contributed by atoms with van der Waals surface area (Å²) >= 11 is 0. The van der Waals surface area contributed by atoms with E-state index in [-0.39, 0.29) is 28.8 Å². The molecule has 0 aliphatic carbocycles. The molecule has 4 rings (SSSR count). The van der Waals surface area contributed by atoms with E-state index in [9.17, 15) is 22.0 Å². The van der Waals surface area contributed by atoms with Crippen molar-refractivity contribution < 1.29 is 17.2 Å². The van der Waals surface area contributed by atoms with Gasteiger partial charge in [-0.3, -0.25) is 14.2 Å². The van der Waals surface area contributed by atoms with E-state index in [4.69, 9.17) is 0 Å². The van der Waals surface area contributed by atoms with Gasteiger partial charge in [-0.1, -0.05) is 12.1 Å². The Hall–Kier alpha value is -3.60. The second kappa shape index (κ2) is 7.83. The van der Waals surface area contributed by atoms with E-state index in [0.717, 1.165) is 6.26 Å². The predicted molar refractivity (Wildman–Crippen MR) is 117 cm³/mol. The average Bonchev–Trinajstić information content (AvgIpc) is 3.02. The summed E-state index contributed by atoms with van der Waals surface area (Å²) in [5.41, 5.74) is 2.10. The zero-order chi connectivity index (χ0) is 23.2. The first kappa shape index (κ1) is 21.6. The number of aromatic nitrogens is 4. The maximum atomic E-state index is 14.8. The first-order valence-electron chi connectivity index (χ1n) is 9.49. The highest BCUT2D eigenvalue weighted by Crippen LogP contribution is 2.30. The number of sulfonamides is 1. The van der Waals surface area contributed by atoms with Crippen molar-refractivity contribution in [3.63, 3.8) is 0 Å². The van der Waals surface area contributed by atoms with E-state index >= 15 is 0 Å². The van der Waals surface area contributed by atoms with Gasteiger partial charge in [0.15, 0.2) is 5.82 Å². The topological polar surface area (TPSA) is 98.9 Å². The maximum absolute atomic E-state index is 14.8. The van der Waals surface area contributed by atoms with Gasteiger partial charge in [0.1, 0.15) is 5.82 Å². The Kier molecular flexibility index (Phi) is 5.29. The quantitative estimate of drug-likeness (QED) is 0.495. The number of pyridine rings is 2. The van der Waals surface area contributed by atoms with Crippen molar-refractivity contribution in [1.82, 2.24) is 19.3 Å². The maximum Gasteiger partial charge on any atom is 0.253 e. The second-order valence-corrected chi connectivity index (χ2v) is 9.28. The number of anilines is 1. The first-order chi connectivity index (χ1) is 15.0. The van der Waals surface area contributed by atoms with Gasteiger partial charge < -0.3 is 4.57 Å². The Morgan fingerprint density at radius 2 is 1.81 bits per heavy atom. The minimum atomic E-state index is -3.77. The molecular formula is C21H19F2N5O3S. The van der Waals surface area contributed by atoms with Crippen molar-refractivity contribution in [2.24, 2.45) is 7.05 Å². The normalized spacial score (nSPS) is 11.8. The van der Waals surface area contributed by atoms with E-state index in [1.165, 1.54) is 21.4 Å². The largest absolute Gasteiger partial charge is 0.318 e. The molecule has 4 aromatic rings. The van der Waals surface area contributed by atoms with Gasteiger partial charge in [-0.2, -0.15) is 4.39 Å². The van der Waals surface area contributed by atoms with Crippen molar-refractivity contribution in [1.29, 1.82) is 0 Å². The smallest absolute Gasteiger partial charge is 0.253 e. The standard InChI is InChI=1S/C21H19F2N5O3S/c1-12-8-14(11-27(2)21(12)29)16-9-17-18(20(24-16)26-32(3,30)31)19(23)25-28(17)10-13-4-6-15(22)7-5-13/h4-9,11H,10H2,1-3H3,(H,24,26). The van der Waals surface area contributed by atoms with Gasteiger partial charge in [0.05, 0.1) is 29.4 Å². The van der Waals surface area contributed by atoms with E-state index < -0.39 is 21.8 Å². The van der Waals surface area contributed by atoms with Crippen LogP contribution < -0.4 is 10.3 Å². The summed E-state index contributed by atoms with van der Waals surface area (Å²) in [5.74, 6) is -1.51. The van der Waals surface area contributed by atoms with Crippen LogP contribution in [0.4, 0.5) is 14.6 Å². The monoisotopic (exact) mass is 459 g/mol. The van der Waals surface area contributed by atoms with Crippen LogP contribution in [0, 0.1) is 18.7 Å². The number of benzene rings is 1. The molecule has 3 aromatic heterocycles. The highest BCUT2D eigenvalue weighted by atomic mass is 32.2. The fourth-order valence-electron chi connectivity index (χ4n) is 3.45. The third-order valence-corrected chi connectivity index (χ3v) is 5.44. The Morgan fingerprint density at radius 3 is 2.44 bits per heavy atom. The van der Waals surface area contributed by atoms with Gasteiger partial charge in [-0.15, -0.1) is 5.10 Å². The molecule has 32 heavy (non-hydrogen) atoms. The number of hydrogen-bond donors (Lipinski definition) is 1. The van der Waals surface area contributed by atoms with Crippen LogP contribution in [0.1, 0.15) is 11.1 Å². The summed E-state index contributed by atoms with van der Waals surface area (Å²) in [6, 6.07) is 8.87. The van der Waals surface area contributed by atoms with Crippen LogP contribution in [0.15, 0.2) is 47.4 Å². The Bertz CT molecular complexity index is 1480. The molecule has 1 N–H and O–H groups in total. The number of nitrogens with zero attached hydrogens (tertiary/aromatic N) is 4. The number of nitrogens with one attached hydrogen (secondary N) is 1. The molecule has 166 valence electrons. The van der Waals surface area contributed by atoms with Crippen molar-refractivity contribution in [3.8, 4) is 11.3 Å². The number of aryl methyl sites for hydroxylation is 2. The lowest BCUT2D eigenvalue weighted by atomic mass is 10.1. The fraction of sp³-hybridized carbons (Fsp3) is 0.190. The van der Waals surface area contributed by atoms with Crippen LogP contribution in [0.25, 0.3) is 22.2 Å². The molecule has 3 heterocycles. The summed E-state index contributed by atoms with van der Waals surface area (Å²) in [6.45, 7) is 1.77. The Balaban J connectivity index is 1.95. The van der Waals surface area contributed by atoms with E-state index in [2.05, 4.69) is 14.8 Å². The molecule has 0 aliphatic heterocycles. The Morgan fingerprint density at radius 1 is 1.12 bits per heavy atom. The average molecular weight is 459 g/mol. The zero-order valence-corrected chi connectivity index (χ0v) is 18.2. The molecular weight excluding hydrogens is 440 g/mol. The van der Waals surface area contributed by atoms with Crippen LogP contribution in [0.5, 0.6) is 0 Å². The van der Waals surface area contributed by atoms with E-state index in [0.29, 0.717) is 22.4 Å². The van der Waals surface area contributed by atoms with Gasteiger partial charge in [0, 0.05) is 24.4 Å². The molecule has 0 atom stereocenters. The third kappa shape index (κ3) is 4.24. The molecule has 0 fully saturated rings. The molecule has 8 nitrogen and oxygen atoms in total. The minimum Gasteiger partial charge on any atom is -0.318 e. The molecule has 1 aromatic carbocycles. The first-order valence-corrected chi connectivity index (χ1v) is 11.4. The molecule has 0 saturated carbocycles. The second-order valence-electron chi connectivity index (χ2n) is 7.53. The van der Waals surface area contributed by atoms with Crippen molar-refractivity contribution in [3.05, 3.63) is 75.8 Å². The number of fused-ring (bicyclic) bond motifs is 1. The number of halogens is 2.